The van der Waals surface area contributed by atoms with E-state index in [0.29, 0.717) is 13.2 Å². The Morgan fingerprint density at radius 2 is 2.37 bits per heavy atom. The summed E-state index contributed by atoms with van der Waals surface area (Å²) in [7, 11) is 1.74. The third-order valence-electron chi connectivity index (χ3n) is 4.32. The minimum absolute atomic E-state index is 0.0299. The average Bonchev–Trinajstić information content (AvgIpc) is 2.40. The number of fused-ring (bicyclic) bond motifs is 1. The van der Waals surface area contributed by atoms with Gasteiger partial charge in [0.1, 0.15) is 5.92 Å². The van der Waals surface area contributed by atoms with Gasteiger partial charge in [-0.3, -0.25) is 9.59 Å². The first-order valence-corrected chi connectivity index (χ1v) is 6.76. The van der Waals surface area contributed by atoms with Crippen LogP contribution in [0.4, 0.5) is 0 Å². The van der Waals surface area contributed by atoms with Crippen LogP contribution in [0.2, 0.25) is 0 Å². The highest BCUT2D eigenvalue weighted by Gasteiger charge is 2.52. The minimum atomic E-state index is -0.693. The molecule has 0 saturated carbocycles. The van der Waals surface area contributed by atoms with Gasteiger partial charge in [-0.25, -0.2) is 0 Å². The number of amides is 1. The summed E-state index contributed by atoms with van der Waals surface area (Å²) in [6, 6.07) is 0. The van der Waals surface area contributed by atoms with E-state index in [1.807, 2.05) is 6.08 Å². The van der Waals surface area contributed by atoms with Crippen molar-refractivity contribution in [2.45, 2.75) is 19.8 Å². The second-order valence-electron chi connectivity index (χ2n) is 5.38. The molecule has 19 heavy (non-hydrogen) atoms. The molecule has 0 aromatic heterocycles. The maximum Gasteiger partial charge on any atom is 0.318 e. The molecule has 0 spiro atoms. The molecule has 1 fully saturated rings. The van der Waals surface area contributed by atoms with Crippen LogP contribution in [-0.2, 0) is 14.3 Å². The van der Waals surface area contributed by atoms with E-state index in [1.54, 1.807) is 18.9 Å². The zero-order chi connectivity index (χ0) is 14.0. The van der Waals surface area contributed by atoms with Gasteiger partial charge in [0, 0.05) is 19.0 Å². The zero-order valence-electron chi connectivity index (χ0n) is 11.6. The molecule has 1 aliphatic heterocycles. The number of allylic oxidation sites excluding steroid dienone is 2. The maximum atomic E-state index is 12.3. The zero-order valence-corrected chi connectivity index (χ0v) is 11.6. The smallest absolute Gasteiger partial charge is 0.318 e. The van der Waals surface area contributed by atoms with Gasteiger partial charge in [0.25, 0.3) is 0 Å². The number of hydrogen-bond donors (Lipinski definition) is 0. The summed E-state index contributed by atoms with van der Waals surface area (Å²) in [6.07, 6.45) is 7.64. The summed E-state index contributed by atoms with van der Waals surface area (Å²) < 4.78 is 5.09. The van der Waals surface area contributed by atoms with Gasteiger partial charge >= 0.3 is 5.97 Å². The van der Waals surface area contributed by atoms with Crippen molar-refractivity contribution in [1.82, 2.24) is 4.90 Å². The van der Waals surface area contributed by atoms with E-state index in [0.717, 1.165) is 12.8 Å². The summed E-state index contributed by atoms with van der Waals surface area (Å²) in [5.74, 6) is -1.25. The van der Waals surface area contributed by atoms with Crippen LogP contribution in [0.5, 0.6) is 0 Å². The van der Waals surface area contributed by atoms with Crippen LogP contribution in [0, 0.1) is 17.3 Å². The van der Waals surface area contributed by atoms with E-state index in [1.165, 1.54) is 0 Å². The van der Waals surface area contributed by atoms with Crippen LogP contribution < -0.4 is 0 Å². The number of hydrogen-bond acceptors (Lipinski definition) is 3. The van der Waals surface area contributed by atoms with Crippen molar-refractivity contribution in [3.05, 3.63) is 24.8 Å². The van der Waals surface area contributed by atoms with Gasteiger partial charge in [-0.05, 0) is 25.7 Å². The SMILES string of the molecule is C=C[C@@]12CC=CC[C@@H]1[C@@H](C(=O)OCC)C(=O)N(C)C2. The van der Waals surface area contributed by atoms with E-state index in [2.05, 4.69) is 18.7 Å². The Morgan fingerprint density at radius 3 is 3.00 bits per heavy atom. The second-order valence-corrected chi connectivity index (χ2v) is 5.38. The van der Waals surface area contributed by atoms with Crippen molar-refractivity contribution in [3.63, 3.8) is 0 Å². The third kappa shape index (κ3) is 2.20. The van der Waals surface area contributed by atoms with Gasteiger partial charge < -0.3 is 9.64 Å². The van der Waals surface area contributed by atoms with Crippen LogP contribution >= 0.6 is 0 Å². The fourth-order valence-corrected chi connectivity index (χ4v) is 3.31. The normalized spacial score (nSPS) is 33.8. The molecule has 0 bridgehead atoms. The number of carbonyl (C=O) groups is 2. The van der Waals surface area contributed by atoms with Crippen LogP contribution in [0.1, 0.15) is 19.8 Å². The lowest BCUT2D eigenvalue weighted by Crippen LogP contribution is -2.57. The number of esters is 1. The lowest BCUT2D eigenvalue weighted by atomic mass is 9.61. The molecule has 2 rings (SSSR count). The predicted octanol–water partition coefficient (Wildman–Crippen LogP) is 1.78. The summed E-state index contributed by atoms with van der Waals surface area (Å²) >= 11 is 0. The van der Waals surface area contributed by atoms with Crippen molar-refractivity contribution in [2.24, 2.45) is 17.3 Å². The quantitative estimate of drug-likeness (QED) is 0.443. The number of carbonyl (C=O) groups excluding carboxylic acids is 2. The van der Waals surface area contributed by atoms with E-state index in [-0.39, 0.29) is 17.2 Å². The molecule has 2 aliphatic rings. The molecule has 1 heterocycles. The fourth-order valence-electron chi connectivity index (χ4n) is 3.31. The Labute approximate surface area is 114 Å². The molecule has 0 unspecified atom stereocenters. The van der Waals surface area contributed by atoms with E-state index in [9.17, 15) is 9.59 Å². The molecule has 1 saturated heterocycles. The largest absolute Gasteiger partial charge is 0.465 e. The monoisotopic (exact) mass is 263 g/mol. The maximum absolute atomic E-state index is 12.3. The summed E-state index contributed by atoms with van der Waals surface area (Å²) in [6.45, 7) is 6.62. The van der Waals surface area contributed by atoms with Crippen molar-refractivity contribution in [3.8, 4) is 0 Å². The van der Waals surface area contributed by atoms with Crippen LogP contribution in [0.15, 0.2) is 24.8 Å². The molecule has 4 heteroatoms. The second kappa shape index (κ2) is 5.19. The highest BCUT2D eigenvalue weighted by molar-refractivity contribution is 5.99. The predicted molar refractivity (Wildman–Crippen MR) is 72.3 cm³/mol. The van der Waals surface area contributed by atoms with Crippen molar-refractivity contribution < 1.29 is 14.3 Å². The van der Waals surface area contributed by atoms with Gasteiger partial charge in [0.2, 0.25) is 5.91 Å². The van der Waals surface area contributed by atoms with Gasteiger partial charge in [0.15, 0.2) is 0 Å². The number of ether oxygens (including phenoxy) is 1. The van der Waals surface area contributed by atoms with Crippen LogP contribution in [0.25, 0.3) is 0 Å². The Hall–Kier alpha value is -1.58. The van der Waals surface area contributed by atoms with Crippen molar-refractivity contribution >= 4 is 11.9 Å². The van der Waals surface area contributed by atoms with Gasteiger partial charge in [0.05, 0.1) is 6.61 Å². The fraction of sp³-hybridized carbons (Fsp3) is 0.600. The number of likely N-dealkylation sites (tertiary alicyclic amines) is 1. The molecule has 4 nitrogen and oxygen atoms in total. The van der Waals surface area contributed by atoms with Gasteiger partial charge in [-0.1, -0.05) is 18.2 Å². The summed E-state index contributed by atoms with van der Waals surface area (Å²) in [5.41, 5.74) is -0.200. The standard InChI is InChI=1S/C15H21NO3/c1-4-15-9-7-6-8-11(15)12(14(18)19-5-2)13(17)16(3)10-15/h4,6-7,11-12H,1,5,8-10H2,2-3H3/t11-,12-,15+/m1/s1. The molecule has 0 aromatic rings. The first kappa shape index (κ1) is 13.8. The number of rotatable bonds is 3. The van der Waals surface area contributed by atoms with Gasteiger partial charge in [-0.15, -0.1) is 6.58 Å². The van der Waals surface area contributed by atoms with E-state index < -0.39 is 11.9 Å². The Bertz CT molecular complexity index is 429. The Morgan fingerprint density at radius 1 is 1.63 bits per heavy atom. The summed E-state index contributed by atoms with van der Waals surface area (Å²) in [5, 5.41) is 0. The molecular weight excluding hydrogens is 242 g/mol. The topological polar surface area (TPSA) is 46.6 Å². The first-order valence-electron chi connectivity index (χ1n) is 6.76. The molecular formula is C15H21NO3. The number of piperidine rings is 1. The van der Waals surface area contributed by atoms with Crippen molar-refractivity contribution in [1.29, 1.82) is 0 Å². The summed E-state index contributed by atoms with van der Waals surface area (Å²) in [4.78, 5) is 26.1. The Balaban J connectivity index is 2.38. The minimum Gasteiger partial charge on any atom is -0.465 e. The average molecular weight is 263 g/mol. The van der Waals surface area contributed by atoms with Crippen LogP contribution in [-0.4, -0.2) is 37.0 Å². The molecule has 0 radical (unpaired) electrons. The first-order chi connectivity index (χ1) is 9.05. The highest BCUT2D eigenvalue weighted by Crippen LogP contribution is 2.47. The van der Waals surface area contributed by atoms with E-state index in [4.69, 9.17) is 4.74 Å². The van der Waals surface area contributed by atoms with Gasteiger partial charge in [-0.2, -0.15) is 0 Å². The third-order valence-corrected chi connectivity index (χ3v) is 4.32. The lowest BCUT2D eigenvalue weighted by Gasteiger charge is -2.49. The van der Waals surface area contributed by atoms with Crippen molar-refractivity contribution in [2.75, 3.05) is 20.2 Å². The highest BCUT2D eigenvalue weighted by atomic mass is 16.5. The lowest BCUT2D eigenvalue weighted by molar-refractivity contribution is -0.165. The number of nitrogens with zero attached hydrogens (tertiary/aromatic N) is 1. The molecule has 104 valence electrons. The Kier molecular flexibility index (Phi) is 3.78. The molecule has 1 aliphatic carbocycles. The molecule has 1 amide bonds. The van der Waals surface area contributed by atoms with Crippen LogP contribution in [0.3, 0.4) is 0 Å². The van der Waals surface area contributed by atoms with E-state index >= 15 is 0 Å². The molecule has 0 aromatic carbocycles. The molecule has 3 atom stereocenters. The molecule has 0 N–H and O–H groups in total.